The second-order valence-corrected chi connectivity index (χ2v) is 6.87. The Balaban J connectivity index is 1.74. The Kier molecular flexibility index (Phi) is 5.69. The van der Waals surface area contributed by atoms with Crippen molar-refractivity contribution in [1.29, 1.82) is 0 Å². The van der Waals surface area contributed by atoms with Crippen LogP contribution in [0.2, 0.25) is 9.36 Å². The van der Waals surface area contributed by atoms with Crippen LogP contribution in [0.4, 0.5) is 0 Å². The van der Waals surface area contributed by atoms with Crippen LogP contribution in [0.3, 0.4) is 0 Å². The summed E-state index contributed by atoms with van der Waals surface area (Å²) in [6, 6.07) is 0.799. The van der Waals surface area contributed by atoms with Crippen molar-refractivity contribution in [2.45, 2.75) is 38.4 Å². The van der Waals surface area contributed by atoms with Gasteiger partial charge in [-0.3, -0.25) is 9.69 Å². The summed E-state index contributed by atoms with van der Waals surface area (Å²) < 4.78 is 0.633. The summed E-state index contributed by atoms with van der Waals surface area (Å²) in [5, 5.41) is 14.9. The maximum Gasteiger partial charge on any atom is 0.317 e. The Morgan fingerprint density at radius 1 is 1.55 bits per heavy atom. The van der Waals surface area contributed by atoms with E-state index >= 15 is 0 Å². The molecule has 20 heavy (non-hydrogen) atoms. The number of nitrogens with zero attached hydrogens (tertiary/aromatic N) is 1. The first-order chi connectivity index (χ1) is 9.51. The number of carbonyl (C=O) groups is 1. The molecule has 1 aliphatic carbocycles. The van der Waals surface area contributed by atoms with Crippen LogP contribution >= 0.6 is 34.5 Å². The molecule has 2 rings (SSSR count). The van der Waals surface area contributed by atoms with Gasteiger partial charge in [0.2, 0.25) is 0 Å². The molecule has 4 nitrogen and oxygen atoms in total. The van der Waals surface area contributed by atoms with Gasteiger partial charge in [0.25, 0.3) is 0 Å². The van der Waals surface area contributed by atoms with Crippen molar-refractivity contribution < 1.29 is 9.90 Å². The minimum Gasteiger partial charge on any atom is -0.480 e. The van der Waals surface area contributed by atoms with Crippen LogP contribution in [0.1, 0.15) is 25.3 Å². The first-order valence-corrected chi connectivity index (χ1v) is 8.25. The topological polar surface area (TPSA) is 52.6 Å². The molecule has 1 fully saturated rings. The zero-order valence-electron chi connectivity index (χ0n) is 11.2. The first kappa shape index (κ1) is 16.0. The molecule has 0 aliphatic heterocycles. The lowest BCUT2D eigenvalue weighted by Gasteiger charge is -2.42. The summed E-state index contributed by atoms with van der Waals surface area (Å²) in [7, 11) is 0. The van der Waals surface area contributed by atoms with E-state index in [4.69, 9.17) is 28.3 Å². The minimum absolute atomic E-state index is 0.125. The maximum atomic E-state index is 10.8. The van der Waals surface area contributed by atoms with E-state index in [0.29, 0.717) is 28.0 Å². The van der Waals surface area contributed by atoms with Crippen molar-refractivity contribution in [3.05, 3.63) is 20.3 Å². The van der Waals surface area contributed by atoms with Gasteiger partial charge >= 0.3 is 5.97 Å². The summed E-state index contributed by atoms with van der Waals surface area (Å²) in [6.45, 7) is 3.61. The highest BCUT2D eigenvalue weighted by atomic mass is 35.5. The normalized spacial score (nSPS) is 22.0. The predicted octanol–water partition coefficient (Wildman–Crippen LogP) is 3.08. The van der Waals surface area contributed by atoms with Crippen LogP contribution in [0, 0.1) is 0 Å². The largest absolute Gasteiger partial charge is 0.480 e. The van der Waals surface area contributed by atoms with E-state index in [-0.39, 0.29) is 6.54 Å². The third-order valence-corrected chi connectivity index (χ3v) is 5.62. The van der Waals surface area contributed by atoms with Crippen LogP contribution in [-0.2, 0) is 11.3 Å². The molecule has 0 unspecified atom stereocenters. The Hall–Kier alpha value is -0.330. The SMILES string of the molecule is CCN(CC(=O)O)C1CC(NCc2csc(Cl)c2Cl)C1. The number of hydrogen-bond acceptors (Lipinski definition) is 4. The number of halogens is 2. The number of likely N-dealkylation sites (N-methyl/N-ethyl adjacent to an activating group) is 1. The van der Waals surface area contributed by atoms with Gasteiger partial charge in [0.15, 0.2) is 0 Å². The van der Waals surface area contributed by atoms with Gasteiger partial charge in [0.05, 0.1) is 11.6 Å². The highest BCUT2D eigenvalue weighted by molar-refractivity contribution is 7.15. The van der Waals surface area contributed by atoms with Gasteiger partial charge in [-0.1, -0.05) is 30.1 Å². The third-order valence-electron chi connectivity index (χ3n) is 3.71. The molecule has 1 aromatic heterocycles. The quantitative estimate of drug-likeness (QED) is 0.803. The smallest absolute Gasteiger partial charge is 0.317 e. The Bertz CT molecular complexity index is 475. The maximum absolute atomic E-state index is 10.8. The van der Waals surface area contributed by atoms with E-state index < -0.39 is 5.97 Å². The van der Waals surface area contributed by atoms with Gasteiger partial charge in [-0.15, -0.1) is 11.3 Å². The number of aliphatic carboxylic acids is 1. The van der Waals surface area contributed by atoms with Gasteiger partial charge in [0.1, 0.15) is 4.34 Å². The fourth-order valence-corrected chi connectivity index (χ4v) is 3.71. The Morgan fingerprint density at radius 3 is 2.75 bits per heavy atom. The average molecular weight is 337 g/mol. The molecule has 0 atom stereocenters. The summed E-state index contributed by atoms with van der Waals surface area (Å²) in [4.78, 5) is 12.8. The Labute approximate surface area is 132 Å². The van der Waals surface area contributed by atoms with Crippen LogP contribution in [0.25, 0.3) is 0 Å². The van der Waals surface area contributed by atoms with Crippen molar-refractivity contribution >= 4 is 40.5 Å². The zero-order valence-corrected chi connectivity index (χ0v) is 13.6. The Morgan fingerprint density at radius 2 is 2.25 bits per heavy atom. The van der Waals surface area contributed by atoms with Gasteiger partial charge in [-0.05, 0) is 30.3 Å². The number of nitrogens with one attached hydrogen (secondary N) is 1. The second kappa shape index (κ2) is 7.09. The van der Waals surface area contributed by atoms with E-state index in [1.165, 1.54) is 11.3 Å². The molecule has 2 N–H and O–H groups in total. The molecular formula is C13H18Cl2N2O2S. The highest BCUT2D eigenvalue weighted by Gasteiger charge is 2.33. The molecule has 1 aromatic rings. The molecule has 0 radical (unpaired) electrons. The molecule has 0 bridgehead atoms. The van der Waals surface area contributed by atoms with Crippen molar-refractivity contribution in [3.63, 3.8) is 0 Å². The molecule has 1 heterocycles. The van der Waals surface area contributed by atoms with Crippen molar-refractivity contribution in [3.8, 4) is 0 Å². The molecule has 0 spiro atoms. The fraction of sp³-hybridized carbons (Fsp3) is 0.615. The van der Waals surface area contributed by atoms with Gasteiger partial charge in [-0.2, -0.15) is 0 Å². The molecule has 0 amide bonds. The fourth-order valence-electron chi connectivity index (χ4n) is 2.45. The first-order valence-electron chi connectivity index (χ1n) is 6.61. The van der Waals surface area contributed by atoms with Gasteiger partial charge in [0, 0.05) is 18.6 Å². The molecule has 7 heteroatoms. The highest BCUT2D eigenvalue weighted by Crippen LogP contribution is 2.33. The van der Waals surface area contributed by atoms with E-state index in [9.17, 15) is 4.79 Å². The van der Waals surface area contributed by atoms with E-state index in [1.54, 1.807) is 0 Å². The monoisotopic (exact) mass is 336 g/mol. The standard InChI is InChI=1S/C13H18Cl2N2O2S/c1-2-17(6-11(18)19)10-3-9(4-10)16-5-8-7-20-13(15)12(8)14/h7,9-10,16H,2-6H2,1H3,(H,18,19). The molecule has 0 saturated heterocycles. The number of hydrogen-bond donors (Lipinski definition) is 2. The van der Waals surface area contributed by atoms with Crippen molar-refractivity contribution in [1.82, 2.24) is 10.2 Å². The summed E-state index contributed by atoms with van der Waals surface area (Å²) in [6.07, 6.45) is 1.97. The summed E-state index contributed by atoms with van der Waals surface area (Å²) >= 11 is 13.4. The average Bonchev–Trinajstić information content (AvgIpc) is 2.66. The molecule has 1 saturated carbocycles. The van der Waals surface area contributed by atoms with E-state index in [2.05, 4.69) is 5.32 Å². The third kappa shape index (κ3) is 3.86. The molecule has 0 aromatic carbocycles. The van der Waals surface area contributed by atoms with E-state index in [0.717, 1.165) is 24.9 Å². The van der Waals surface area contributed by atoms with Crippen LogP contribution in [0.15, 0.2) is 5.38 Å². The lowest BCUT2D eigenvalue weighted by molar-refractivity contribution is -0.139. The number of rotatable bonds is 7. The molecule has 1 aliphatic rings. The number of thiophene rings is 1. The lowest BCUT2D eigenvalue weighted by Crippen LogP contribution is -2.53. The summed E-state index contributed by atoms with van der Waals surface area (Å²) in [5.74, 6) is -0.761. The van der Waals surface area contributed by atoms with Crippen molar-refractivity contribution in [2.75, 3.05) is 13.1 Å². The number of carboxylic acids is 1. The van der Waals surface area contributed by atoms with Gasteiger partial charge in [-0.25, -0.2) is 0 Å². The number of carboxylic acid groups (broad SMARTS) is 1. The van der Waals surface area contributed by atoms with Crippen LogP contribution in [-0.4, -0.2) is 41.1 Å². The summed E-state index contributed by atoms with van der Waals surface area (Å²) in [5.41, 5.74) is 1.03. The zero-order chi connectivity index (χ0) is 14.7. The molecule has 112 valence electrons. The van der Waals surface area contributed by atoms with Crippen LogP contribution in [0.5, 0.6) is 0 Å². The molecular weight excluding hydrogens is 319 g/mol. The predicted molar refractivity (Wildman–Crippen MR) is 82.9 cm³/mol. The van der Waals surface area contributed by atoms with Crippen molar-refractivity contribution in [2.24, 2.45) is 0 Å². The minimum atomic E-state index is -0.761. The van der Waals surface area contributed by atoms with E-state index in [1.807, 2.05) is 17.2 Å². The van der Waals surface area contributed by atoms with Gasteiger partial charge < -0.3 is 10.4 Å². The lowest BCUT2D eigenvalue weighted by atomic mass is 9.85. The van der Waals surface area contributed by atoms with Crippen LogP contribution < -0.4 is 5.32 Å². The second-order valence-electron chi connectivity index (χ2n) is 5.01.